The minimum absolute atomic E-state index is 0.352. The number of carbonyl (C=O) groups is 1. The number of β-amino-alcohol motifs (C(OH)–C–C–N with tert-alkyl or cyclic N) is 1. The molecule has 1 N–H and O–H groups in total. The smallest absolute Gasteiger partial charge is 0.222 e. The summed E-state index contributed by atoms with van der Waals surface area (Å²) >= 11 is 0. The first-order chi connectivity index (χ1) is 9.94. The standard InChI is InChI=1S/C17H32N2O2/c1-17(2,21)14-18-9-11-19(12-10-18)16(20)13-15-7-5-3-4-6-8-15/h15,21H,3-14H2,1-2H3. The molecule has 2 fully saturated rings. The molecule has 0 bridgehead atoms. The van der Waals surface area contributed by atoms with E-state index < -0.39 is 5.60 Å². The molecule has 0 aromatic heterocycles. The topological polar surface area (TPSA) is 43.8 Å². The van der Waals surface area contributed by atoms with E-state index >= 15 is 0 Å². The van der Waals surface area contributed by atoms with Gasteiger partial charge in [-0.2, -0.15) is 0 Å². The van der Waals surface area contributed by atoms with Crippen molar-refractivity contribution in [2.24, 2.45) is 5.92 Å². The highest BCUT2D eigenvalue weighted by atomic mass is 16.3. The minimum atomic E-state index is -0.646. The van der Waals surface area contributed by atoms with Crippen LogP contribution in [0.5, 0.6) is 0 Å². The van der Waals surface area contributed by atoms with E-state index in [2.05, 4.69) is 4.90 Å². The molecule has 1 aliphatic carbocycles. The van der Waals surface area contributed by atoms with E-state index in [4.69, 9.17) is 0 Å². The molecule has 2 rings (SSSR count). The van der Waals surface area contributed by atoms with Crippen molar-refractivity contribution in [3.63, 3.8) is 0 Å². The van der Waals surface area contributed by atoms with Gasteiger partial charge in [0.15, 0.2) is 0 Å². The summed E-state index contributed by atoms with van der Waals surface area (Å²) < 4.78 is 0. The number of carbonyl (C=O) groups excluding carboxylic acids is 1. The highest BCUT2D eigenvalue weighted by Gasteiger charge is 2.26. The Bertz CT molecular complexity index is 322. The lowest BCUT2D eigenvalue weighted by atomic mass is 9.96. The summed E-state index contributed by atoms with van der Waals surface area (Å²) in [7, 11) is 0. The van der Waals surface area contributed by atoms with Gasteiger partial charge < -0.3 is 10.0 Å². The van der Waals surface area contributed by atoms with Gasteiger partial charge in [0.05, 0.1) is 5.60 Å². The SMILES string of the molecule is CC(C)(O)CN1CCN(C(=O)CC2CCCCCC2)CC1. The zero-order valence-corrected chi connectivity index (χ0v) is 13.8. The molecule has 0 spiro atoms. The fourth-order valence-corrected chi connectivity index (χ4v) is 3.65. The normalized spacial score (nSPS) is 23.1. The predicted octanol–water partition coefficient (Wildman–Crippen LogP) is 2.26. The molecule has 0 unspecified atom stereocenters. The maximum Gasteiger partial charge on any atom is 0.222 e. The first kappa shape index (κ1) is 16.8. The third-order valence-electron chi connectivity index (χ3n) is 4.77. The number of nitrogens with zero attached hydrogens (tertiary/aromatic N) is 2. The Morgan fingerprint density at radius 1 is 1.05 bits per heavy atom. The van der Waals surface area contributed by atoms with E-state index in [1.54, 1.807) is 0 Å². The Balaban J connectivity index is 1.72. The van der Waals surface area contributed by atoms with Gasteiger partial charge in [0, 0.05) is 39.1 Å². The Labute approximate surface area is 129 Å². The van der Waals surface area contributed by atoms with E-state index in [9.17, 15) is 9.90 Å². The van der Waals surface area contributed by atoms with Crippen molar-refractivity contribution in [1.29, 1.82) is 0 Å². The third kappa shape index (κ3) is 5.95. The quantitative estimate of drug-likeness (QED) is 0.809. The Hall–Kier alpha value is -0.610. The van der Waals surface area contributed by atoms with Gasteiger partial charge >= 0.3 is 0 Å². The Kier molecular flexibility index (Phi) is 6.06. The third-order valence-corrected chi connectivity index (χ3v) is 4.77. The molecular formula is C17H32N2O2. The molecule has 0 atom stereocenters. The lowest BCUT2D eigenvalue weighted by Crippen LogP contribution is -2.52. The number of piperazine rings is 1. The van der Waals surface area contributed by atoms with Crippen LogP contribution in [-0.2, 0) is 4.79 Å². The summed E-state index contributed by atoms with van der Waals surface area (Å²) in [5.74, 6) is 0.971. The van der Waals surface area contributed by atoms with Crippen LogP contribution in [-0.4, -0.2) is 59.1 Å². The molecule has 122 valence electrons. The van der Waals surface area contributed by atoms with Crippen LogP contribution in [0.4, 0.5) is 0 Å². The van der Waals surface area contributed by atoms with Crippen molar-refractivity contribution in [2.45, 2.75) is 64.4 Å². The molecule has 1 saturated heterocycles. The van der Waals surface area contributed by atoms with Gasteiger partial charge in [0.25, 0.3) is 0 Å². The average molecular weight is 296 g/mol. The maximum absolute atomic E-state index is 12.4. The van der Waals surface area contributed by atoms with Crippen molar-refractivity contribution in [1.82, 2.24) is 9.80 Å². The Morgan fingerprint density at radius 2 is 1.62 bits per heavy atom. The van der Waals surface area contributed by atoms with E-state index in [1.165, 1.54) is 38.5 Å². The summed E-state index contributed by atoms with van der Waals surface area (Å²) in [4.78, 5) is 16.7. The number of aliphatic hydroxyl groups is 1. The van der Waals surface area contributed by atoms with Crippen LogP contribution in [0.2, 0.25) is 0 Å². The van der Waals surface area contributed by atoms with Gasteiger partial charge in [-0.25, -0.2) is 0 Å². The molecule has 1 saturated carbocycles. The molecule has 0 aromatic rings. The van der Waals surface area contributed by atoms with Crippen molar-refractivity contribution in [3.05, 3.63) is 0 Å². The summed E-state index contributed by atoms with van der Waals surface area (Å²) in [5, 5.41) is 9.87. The van der Waals surface area contributed by atoms with Gasteiger partial charge in [0.1, 0.15) is 0 Å². The number of hydrogen-bond acceptors (Lipinski definition) is 3. The van der Waals surface area contributed by atoms with Crippen LogP contribution in [0.3, 0.4) is 0 Å². The van der Waals surface area contributed by atoms with Crippen molar-refractivity contribution >= 4 is 5.91 Å². The van der Waals surface area contributed by atoms with Gasteiger partial charge in [-0.1, -0.05) is 25.7 Å². The van der Waals surface area contributed by atoms with Gasteiger partial charge in [-0.3, -0.25) is 9.69 Å². The Morgan fingerprint density at radius 3 is 2.14 bits per heavy atom. The average Bonchev–Trinajstić information content (AvgIpc) is 2.66. The monoisotopic (exact) mass is 296 g/mol. The lowest BCUT2D eigenvalue weighted by molar-refractivity contribution is -0.134. The maximum atomic E-state index is 12.4. The van der Waals surface area contributed by atoms with Gasteiger partial charge in [0.2, 0.25) is 5.91 Å². The molecule has 1 heterocycles. The lowest BCUT2D eigenvalue weighted by Gasteiger charge is -2.37. The second-order valence-electron chi connectivity index (χ2n) is 7.53. The van der Waals surface area contributed by atoms with Gasteiger partial charge in [-0.15, -0.1) is 0 Å². The molecular weight excluding hydrogens is 264 g/mol. The van der Waals surface area contributed by atoms with Crippen LogP contribution in [0, 0.1) is 5.92 Å². The van der Waals surface area contributed by atoms with Crippen LogP contribution in [0.15, 0.2) is 0 Å². The molecule has 0 aromatic carbocycles. The molecule has 1 aliphatic heterocycles. The van der Waals surface area contributed by atoms with E-state index in [0.717, 1.165) is 32.6 Å². The second kappa shape index (κ2) is 7.59. The van der Waals surface area contributed by atoms with E-state index in [0.29, 0.717) is 18.4 Å². The minimum Gasteiger partial charge on any atom is -0.389 e. The summed E-state index contributed by atoms with van der Waals surface area (Å²) in [6, 6.07) is 0. The molecule has 0 radical (unpaired) electrons. The molecule has 1 amide bonds. The van der Waals surface area contributed by atoms with Crippen LogP contribution in [0.1, 0.15) is 58.8 Å². The molecule has 21 heavy (non-hydrogen) atoms. The molecule has 4 nitrogen and oxygen atoms in total. The number of hydrogen-bond donors (Lipinski definition) is 1. The van der Waals surface area contributed by atoms with E-state index in [-0.39, 0.29) is 0 Å². The second-order valence-corrected chi connectivity index (χ2v) is 7.53. The first-order valence-electron chi connectivity index (χ1n) is 8.66. The summed E-state index contributed by atoms with van der Waals surface area (Å²) in [5.41, 5.74) is -0.646. The van der Waals surface area contributed by atoms with Crippen LogP contribution >= 0.6 is 0 Å². The van der Waals surface area contributed by atoms with Crippen LogP contribution < -0.4 is 0 Å². The molecule has 2 aliphatic rings. The largest absolute Gasteiger partial charge is 0.389 e. The van der Waals surface area contributed by atoms with Gasteiger partial charge in [-0.05, 0) is 32.6 Å². The predicted molar refractivity (Wildman–Crippen MR) is 85.1 cm³/mol. The van der Waals surface area contributed by atoms with Crippen molar-refractivity contribution in [2.75, 3.05) is 32.7 Å². The number of rotatable bonds is 4. The fraction of sp³-hybridized carbons (Fsp3) is 0.941. The zero-order chi connectivity index (χ0) is 15.3. The van der Waals surface area contributed by atoms with E-state index in [1.807, 2.05) is 18.7 Å². The van der Waals surface area contributed by atoms with Crippen LogP contribution in [0.25, 0.3) is 0 Å². The highest BCUT2D eigenvalue weighted by Crippen LogP contribution is 2.26. The van der Waals surface area contributed by atoms with Crippen molar-refractivity contribution < 1.29 is 9.90 Å². The highest BCUT2D eigenvalue weighted by molar-refractivity contribution is 5.76. The first-order valence-corrected chi connectivity index (χ1v) is 8.66. The fourth-order valence-electron chi connectivity index (χ4n) is 3.65. The summed E-state index contributed by atoms with van der Waals surface area (Å²) in [6.07, 6.45) is 8.54. The number of amides is 1. The zero-order valence-electron chi connectivity index (χ0n) is 13.8. The van der Waals surface area contributed by atoms with Crippen molar-refractivity contribution in [3.8, 4) is 0 Å². The summed E-state index contributed by atoms with van der Waals surface area (Å²) in [6.45, 7) is 7.80. The molecule has 4 heteroatoms.